The van der Waals surface area contributed by atoms with Crippen molar-refractivity contribution in [1.82, 2.24) is 21.3 Å². The first-order valence-corrected chi connectivity index (χ1v) is 19.1. The Morgan fingerprint density at radius 1 is 0.860 bits per heavy atom. The molecule has 1 atom stereocenters. The van der Waals surface area contributed by atoms with Gasteiger partial charge < -0.3 is 42.4 Å². The molecule has 4 amide bonds. The number of unbranched alkanes of at least 4 members (excludes halogenated alkanes) is 1. The van der Waals surface area contributed by atoms with Crippen LogP contribution in [0.4, 0.5) is 21.9 Å². The lowest BCUT2D eigenvalue weighted by atomic mass is 10.1. The van der Waals surface area contributed by atoms with Gasteiger partial charge in [-0.05, 0) is 88.6 Å². The maximum Gasteiger partial charge on any atom is 0.407 e. The smallest absolute Gasteiger partial charge is 0.407 e. The Balaban J connectivity index is 0.00000168. The van der Waals surface area contributed by atoms with Crippen LogP contribution >= 0.6 is 21.6 Å². The lowest BCUT2D eigenvalue weighted by Gasteiger charge is -2.20. The summed E-state index contributed by atoms with van der Waals surface area (Å²) in [6.45, 7) is 10.3. The minimum Gasteiger partial charge on any atom is -0.444 e. The van der Waals surface area contributed by atoms with Gasteiger partial charge in [0.05, 0.1) is 6.54 Å². The molecule has 0 aliphatic carbocycles. The summed E-state index contributed by atoms with van der Waals surface area (Å²) in [6.07, 6.45) is 6.61. The van der Waals surface area contributed by atoms with Crippen molar-refractivity contribution >= 4 is 62.5 Å². The van der Waals surface area contributed by atoms with Crippen LogP contribution < -0.4 is 37.6 Å². The van der Waals surface area contributed by atoms with Gasteiger partial charge in [0.15, 0.2) is 0 Å². The largest absolute Gasteiger partial charge is 0.444 e. The molecule has 50 heavy (non-hydrogen) atoms. The van der Waals surface area contributed by atoms with E-state index in [-0.39, 0.29) is 30.7 Å². The van der Waals surface area contributed by atoms with Crippen molar-refractivity contribution in [3.8, 4) is 12.3 Å². The summed E-state index contributed by atoms with van der Waals surface area (Å²) in [5.41, 5.74) is 13.7. The number of nitrogens with zero attached hydrogens (tertiary/aromatic N) is 1. The summed E-state index contributed by atoms with van der Waals surface area (Å²) < 4.78 is 5.19. The second-order valence-electron chi connectivity index (χ2n) is 11.7. The van der Waals surface area contributed by atoms with Gasteiger partial charge in [-0.25, -0.2) is 4.79 Å². The van der Waals surface area contributed by atoms with Crippen LogP contribution in [0.5, 0.6) is 0 Å². The van der Waals surface area contributed by atoms with Gasteiger partial charge in [0.25, 0.3) is 5.91 Å². The maximum absolute atomic E-state index is 12.4. The first kappa shape index (κ1) is 45.8. The molecule has 2 rings (SSSR count). The summed E-state index contributed by atoms with van der Waals surface area (Å²) >= 11 is 0. The lowest BCUT2D eigenvalue weighted by Crippen LogP contribution is -2.47. The molecule has 0 saturated carbocycles. The van der Waals surface area contributed by atoms with Gasteiger partial charge in [-0.3, -0.25) is 14.4 Å². The van der Waals surface area contributed by atoms with Gasteiger partial charge in [0, 0.05) is 67.7 Å². The number of rotatable bonds is 17. The zero-order valence-electron chi connectivity index (χ0n) is 30.6. The number of carbonyl (C=O) groups excluding carboxylic acids is 4. The molecule has 0 aliphatic rings. The van der Waals surface area contributed by atoms with Crippen molar-refractivity contribution in [2.24, 2.45) is 0 Å². The number of hydrogen-bond donors (Lipinski definition) is 6. The number of amides is 4. The highest BCUT2D eigenvalue weighted by Gasteiger charge is 2.20. The first-order valence-electron chi connectivity index (χ1n) is 16.6. The third-order valence-electron chi connectivity index (χ3n) is 6.15. The number of benzene rings is 2. The Labute approximate surface area is 306 Å². The number of hydrogen-bond acceptors (Lipinski definition) is 10. The molecule has 8 N–H and O–H groups in total. The van der Waals surface area contributed by atoms with Gasteiger partial charge in [-0.1, -0.05) is 41.4 Å². The molecule has 0 aromatic heterocycles. The number of alkyl carbamates (subject to hydrolysis) is 1. The third kappa shape index (κ3) is 23.2. The lowest BCUT2D eigenvalue weighted by molar-refractivity contribution is -0.128. The molecule has 0 spiro atoms. The Hall–Kier alpha value is -4.22. The zero-order chi connectivity index (χ0) is 38.0. The number of nitrogens with one attached hydrogen (secondary N) is 4. The van der Waals surface area contributed by atoms with E-state index in [2.05, 4.69) is 27.2 Å². The summed E-state index contributed by atoms with van der Waals surface area (Å²) in [5, 5.41) is 10.9. The van der Waals surface area contributed by atoms with Gasteiger partial charge in [0.2, 0.25) is 11.8 Å². The quantitative estimate of drug-likeness (QED) is 0.0557. The van der Waals surface area contributed by atoms with E-state index in [1.807, 2.05) is 57.1 Å². The molecule has 278 valence electrons. The average Bonchev–Trinajstić information content (AvgIpc) is 3.06. The number of terminal acetylenes is 1. The Kier molecular flexibility index (Phi) is 24.4. The van der Waals surface area contributed by atoms with Crippen LogP contribution in [-0.4, -0.2) is 80.7 Å². The molecule has 0 heterocycles. The normalized spacial score (nSPS) is 10.8. The van der Waals surface area contributed by atoms with Crippen molar-refractivity contribution in [2.45, 2.75) is 71.9 Å². The van der Waals surface area contributed by atoms with Crippen LogP contribution in [0.3, 0.4) is 0 Å². The highest BCUT2D eigenvalue weighted by atomic mass is 33.1. The van der Waals surface area contributed by atoms with Crippen LogP contribution in [-0.2, 0) is 14.3 Å². The van der Waals surface area contributed by atoms with E-state index in [1.54, 1.807) is 55.8 Å². The second kappa shape index (κ2) is 26.6. The van der Waals surface area contributed by atoms with E-state index in [9.17, 15) is 19.2 Å². The zero-order valence-corrected chi connectivity index (χ0v) is 32.2. The molecular weight excluding hydrogens is 675 g/mol. The van der Waals surface area contributed by atoms with Crippen LogP contribution in [0.15, 0.2) is 48.5 Å². The van der Waals surface area contributed by atoms with E-state index in [0.29, 0.717) is 55.1 Å². The van der Waals surface area contributed by atoms with Crippen molar-refractivity contribution in [3.63, 3.8) is 0 Å². The SMILES string of the molecule is C#CCNC(=O)C(CCCCNC(=O)OC(C)(C)C)NC(=O)CCSSCCNC(=O)c1ccc(N)cc1.CC.CN(C)c1ccc(N)cc1. The Morgan fingerprint density at radius 2 is 1.44 bits per heavy atom. The Morgan fingerprint density at radius 3 is 2.00 bits per heavy atom. The number of nitrogen functional groups attached to an aromatic ring is 2. The van der Waals surface area contributed by atoms with Crippen molar-refractivity contribution in [2.75, 3.05) is 61.6 Å². The summed E-state index contributed by atoms with van der Waals surface area (Å²) in [7, 11) is 7.08. The molecule has 0 fully saturated rings. The van der Waals surface area contributed by atoms with E-state index < -0.39 is 17.7 Å². The number of carbonyl (C=O) groups is 4. The molecule has 2 aromatic carbocycles. The van der Waals surface area contributed by atoms with Gasteiger partial charge >= 0.3 is 6.09 Å². The third-order valence-corrected chi connectivity index (χ3v) is 8.56. The predicted octanol–water partition coefficient (Wildman–Crippen LogP) is 5.06. The fourth-order valence-electron chi connectivity index (χ4n) is 3.74. The molecule has 0 bridgehead atoms. The van der Waals surface area contributed by atoms with Crippen molar-refractivity contribution in [3.05, 3.63) is 54.1 Å². The predicted molar refractivity (Wildman–Crippen MR) is 211 cm³/mol. The second-order valence-corrected chi connectivity index (χ2v) is 14.4. The van der Waals surface area contributed by atoms with Gasteiger partial charge in [0.1, 0.15) is 11.6 Å². The molecule has 0 aliphatic heterocycles. The van der Waals surface area contributed by atoms with E-state index >= 15 is 0 Å². The fraction of sp³-hybridized carbons (Fsp3) is 0.500. The number of anilines is 3. The Bertz CT molecular complexity index is 1310. The molecule has 0 radical (unpaired) electrons. The number of nitrogens with two attached hydrogens (primary N) is 2. The molecular formula is C36H57N7O5S2. The number of ether oxygens (including phenoxy) is 1. The summed E-state index contributed by atoms with van der Waals surface area (Å²) in [4.78, 5) is 50.6. The maximum atomic E-state index is 12.4. The molecule has 1 unspecified atom stereocenters. The molecule has 2 aromatic rings. The van der Waals surface area contributed by atoms with Gasteiger partial charge in [-0.2, -0.15) is 0 Å². The van der Waals surface area contributed by atoms with E-state index in [1.165, 1.54) is 16.5 Å². The minimum atomic E-state index is -0.710. The highest BCUT2D eigenvalue weighted by molar-refractivity contribution is 8.76. The monoisotopic (exact) mass is 731 g/mol. The summed E-state index contributed by atoms with van der Waals surface area (Å²) in [6, 6.07) is 13.8. The van der Waals surface area contributed by atoms with Crippen LogP contribution in [0, 0.1) is 12.3 Å². The topological polar surface area (TPSA) is 181 Å². The molecule has 0 saturated heterocycles. The highest BCUT2D eigenvalue weighted by Crippen LogP contribution is 2.21. The summed E-state index contributed by atoms with van der Waals surface area (Å²) in [5.74, 6) is 2.85. The van der Waals surface area contributed by atoms with Crippen molar-refractivity contribution in [1.29, 1.82) is 0 Å². The van der Waals surface area contributed by atoms with Crippen LogP contribution in [0.2, 0.25) is 0 Å². The van der Waals surface area contributed by atoms with E-state index in [0.717, 1.165) is 5.69 Å². The van der Waals surface area contributed by atoms with E-state index in [4.69, 9.17) is 22.6 Å². The fourth-order valence-corrected chi connectivity index (χ4v) is 5.64. The first-order chi connectivity index (χ1) is 23.7. The van der Waals surface area contributed by atoms with Gasteiger partial charge in [-0.15, -0.1) is 6.42 Å². The molecule has 14 heteroatoms. The minimum absolute atomic E-state index is 0.0762. The van der Waals surface area contributed by atoms with Crippen LogP contribution in [0.1, 0.15) is 70.7 Å². The molecule has 12 nitrogen and oxygen atoms in total. The standard InChI is InChI=1S/C26H39N5O5S2.C8H12N2.C2H6/c1-5-14-28-24(34)21(8-6-7-15-30-25(35)36-26(2,3)4)31-22(32)13-17-37-38-18-16-29-23(33)19-9-11-20(27)12-10-19;1-10(2)8-5-3-7(9)4-6-8;1-2/h1,9-12,21H,6-8,13-18,27H2,2-4H3,(H,28,34)(H,29,33)(H,30,35)(H,31,32);3-6H,9H2,1-2H3;1-2H3. The van der Waals surface area contributed by atoms with Crippen LogP contribution in [0.25, 0.3) is 0 Å². The average molecular weight is 732 g/mol. The van der Waals surface area contributed by atoms with Crippen molar-refractivity contribution < 1.29 is 23.9 Å².